The summed E-state index contributed by atoms with van der Waals surface area (Å²) in [6.07, 6.45) is 12.8. The van der Waals surface area contributed by atoms with Gasteiger partial charge in [-0.05, 0) is 38.5 Å². The van der Waals surface area contributed by atoms with Crippen LogP contribution in [0.1, 0.15) is 206 Å². The summed E-state index contributed by atoms with van der Waals surface area (Å²) < 4.78 is 45.5. The second-order valence-electron chi connectivity index (χ2n) is 19.4. The van der Waals surface area contributed by atoms with Gasteiger partial charge in [0, 0.05) is 12.8 Å². The van der Waals surface area contributed by atoms with Gasteiger partial charge in [-0.1, -0.05) is 167 Å². The fourth-order valence-corrected chi connectivity index (χ4v) is 9.73. The van der Waals surface area contributed by atoms with Crippen LogP contribution in [0.15, 0.2) is 12.2 Å². The number of hydrogen-bond acceptors (Lipinski definition) is 17. The lowest BCUT2D eigenvalue weighted by molar-refractivity contribution is -0.338. The Hall–Kier alpha value is -1.61. The van der Waals surface area contributed by atoms with Gasteiger partial charge in [0.05, 0.1) is 13.2 Å². The molecule has 0 aromatic rings. The van der Waals surface area contributed by atoms with E-state index in [1.165, 1.54) is 89.9 Å². The minimum atomic E-state index is -5.37. The monoisotopic (exact) mass is 1030 g/mol. The largest absolute Gasteiger partial charge is 0.472 e. The quantitative estimate of drug-likeness (QED) is 0.0130. The Labute approximate surface area is 418 Å². The van der Waals surface area contributed by atoms with Crippen LogP contribution in [0.4, 0.5) is 0 Å². The van der Waals surface area contributed by atoms with E-state index in [2.05, 4.69) is 26.0 Å². The summed E-state index contributed by atoms with van der Waals surface area (Å²) in [4.78, 5) is 36.6. The molecule has 2 rings (SSSR count). The highest BCUT2D eigenvalue weighted by Crippen LogP contribution is 2.48. The van der Waals surface area contributed by atoms with E-state index < -0.39 is 113 Å². The summed E-state index contributed by atoms with van der Waals surface area (Å²) in [7, 11) is -5.37. The number of rotatable bonds is 42. The number of allylic oxidation sites excluding steroid dienone is 2. The highest BCUT2D eigenvalue weighted by atomic mass is 31.2. The Balaban J connectivity index is 1.92. The van der Waals surface area contributed by atoms with Crippen LogP contribution >= 0.6 is 7.82 Å². The third-order valence-corrected chi connectivity index (χ3v) is 14.2. The van der Waals surface area contributed by atoms with Crippen LogP contribution in [0, 0.1) is 0 Å². The molecule has 1 aliphatic heterocycles. The number of carbonyl (C=O) groups is 2. The first-order valence-corrected chi connectivity index (χ1v) is 28.5. The molecule has 0 radical (unpaired) electrons. The van der Waals surface area contributed by atoms with Crippen LogP contribution in [-0.2, 0) is 42.1 Å². The normalized spacial score (nSPS) is 27.4. The van der Waals surface area contributed by atoms with Crippen LogP contribution in [0.2, 0.25) is 0 Å². The van der Waals surface area contributed by atoms with Crippen molar-refractivity contribution in [1.82, 2.24) is 0 Å². The van der Waals surface area contributed by atoms with E-state index in [1.54, 1.807) is 0 Å². The lowest BCUT2D eigenvalue weighted by Gasteiger charge is -2.47. The van der Waals surface area contributed by atoms with E-state index in [1.807, 2.05) is 0 Å². The van der Waals surface area contributed by atoms with Gasteiger partial charge in [-0.25, -0.2) is 4.57 Å². The molecule has 1 saturated heterocycles. The lowest BCUT2D eigenvalue weighted by Crippen LogP contribution is -2.67. The molecular formula is C51H95O18P. The molecule has 412 valence electrons. The summed E-state index contributed by atoms with van der Waals surface area (Å²) in [5.74, 6) is -1.21. The van der Waals surface area contributed by atoms with Gasteiger partial charge >= 0.3 is 19.8 Å². The van der Waals surface area contributed by atoms with Crippen molar-refractivity contribution in [3.8, 4) is 0 Å². The molecule has 1 aliphatic carbocycles. The topological polar surface area (TPSA) is 289 Å². The molecule has 13 atom stereocenters. The average molecular weight is 1030 g/mol. The molecule has 1 heterocycles. The Morgan fingerprint density at radius 3 is 1.43 bits per heavy atom. The van der Waals surface area contributed by atoms with Crippen LogP contribution < -0.4 is 0 Å². The smallest absolute Gasteiger partial charge is 0.462 e. The first kappa shape index (κ1) is 64.5. The van der Waals surface area contributed by atoms with Gasteiger partial charge < -0.3 is 64.7 Å². The van der Waals surface area contributed by atoms with Gasteiger partial charge in [-0.15, -0.1) is 0 Å². The van der Waals surface area contributed by atoms with Crippen LogP contribution in [-0.4, -0.2) is 151 Å². The number of esters is 2. The molecule has 70 heavy (non-hydrogen) atoms. The second-order valence-corrected chi connectivity index (χ2v) is 20.8. The Bertz CT molecular complexity index is 1410. The van der Waals surface area contributed by atoms with E-state index in [-0.39, 0.29) is 12.8 Å². The molecule has 19 heteroatoms. The number of carbonyl (C=O) groups excluding carboxylic acids is 2. The fraction of sp³-hybridized carbons (Fsp3) is 0.922. The Morgan fingerprint density at radius 1 is 0.529 bits per heavy atom. The third kappa shape index (κ3) is 27.1. The van der Waals surface area contributed by atoms with Gasteiger partial charge in [-0.3, -0.25) is 18.6 Å². The maximum atomic E-state index is 13.4. The van der Waals surface area contributed by atoms with Crippen molar-refractivity contribution in [3.63, 3.8) is 0 Å². The molecule has 0 bridgehead atoms. The van der Waals surface area contributed by atoms with Crippen LogP contribution in [0.25, 0.3) is 0 Å². The van der Waals surface area contributed by atoms with E-state index >= 15 is 0 Å². The van der Waals surface area contributed by atoms with Gasteiger partial charge in [0.2, 0.25) is 0 Å². The van der Waals surface area contributed by atoms with Crippen molar-refractivity contribution in [2.24, 2.45) is 0 Å². The lowest BCUT2D eigenvalue weighted by atomic mass is 9.84. The molecule has 0 aromatic carbocycles. The molecule has 2 aliphatic rings. The van der Waals surface area contributed by atoms with Crippen LogP contribution in [0.5, 0.6) is 0 Å². The first-order valence-electron chi connectivity index (χ1n) is 27.0. The molecule has 0 amide bonds. The number of phosphoric acid groups is 1. The minimum absolute atomic E-state index is 0.0369. The number of unbranched alkanes of at least 4 members (excludes halogenated alkanes) is 25. The highest BCUT2D eigenvalue weighted by Gasteiger charge is 2.55. The zero-order valence-corrected chi connectivity index (χ0v) is 43.5. The van der Waals surface area contributed by atoms with E-state index in [4.69, 9.17) is 28.0 Å². The summed E-state index contributed by atoms with van der Waals surface area (Å²) in [5, 5.41) is 83.0. The molecule has 0 aromatic heterocycles. The van der Waals surface area contributed by atoms with Gasteiger partial charge in [0.1, 0.15) is 67.6 Å². The van der Waals surface area contributed by atoms with Gasteiger partial charge in [0.25, 0.3) is 0 Å². The molecule has 18 nitrogen and oxygen atoms in total. The van der Waals surface area contributed by atoms with Gasteiger partial charge in [0.15, 0.2) is 12.4 Å². The SMILES string of the molecule is CCCCCC/C=C\CCCCCCCCCC(=O)OCC(COP(=O)(O)OC1C(O)C(O)C(O)C(O)C1OC1OC(CO)C(O)C(O)C1O)OC(=O)CCCCCCCCCCCCCCCCC. The molecule has 13 unspecified atom stereocenters. The zero-order valence-electron chi connectivity index (χ0n) is 42.6. The zero-order chi connectivity index (χ0) is 51.6. The highest BCUT2D eigenvalue weighted by molar-refractivity contribution is 7.47. The maximum Gasteiger partial charge on any atom is 0.472 e. The maximum absolute atomic E-state index is 13.4. The molecule has 0 spiro atoms. The van der Waals surface area contributed by atoms with Crippen molar-refractivity contribution in [1.29, 1.82) is 0 Å². The fourth-order valence-electron chi connectivity index (χ4n) is 8.76. The van der Waals surface area contributed by atoms with Crippen molar-refractivity contribution in [2.75, 3.05) is 19.8 Å². The number of hydrogen-bond donors (Lipinski definition) is 9. The number of phosphoric ester groups is 1. The summed E-state index contributed by atoms with van der Waals surface area (Å²) in [6, 6.07) is 0. The first-order chi connectivity index (χ1) is 33.7. The summed E-state index contributed by atoms with van der Waals surface area (Å²) in [5.41, 5.74) is 0. The average Bonchev–Trinajstić information content (AvgIpc) is 3.34. The number of aliphatic hydroxyl groups excluding tert-OH is 8. The van der Waals surface area contributed by atoms with Crippen molar-refractivity contribution >= 4 is 19.8 Å². The minimum Gasteiger partial charge on any atom is -0.462 e. The molecule has 2 fully saturated rings. The molecular weight excluding hydrogens is 932 g/mol. The number of aliphatic hydroxyl groups is 8. The summed E-state index contributed by atoms with van der Waals surface area (Å²) >= 11 is 0. The van der Waals surface area contributed by atoms with Crippen LogP contribution in [0.3, 0.4) is 0 Å². The van der Waals surface area contributed by atoms with Gasteiger partial charge in [-0.2, -0.15) is 0 Å². The van der Waals surface area contributed by atoms with E-state index in [0.29, 0.717) is 12.8 Å². The standard InChI is InChI=1S/C51H95O18P/c1-3-5-7-9-11-13-15-17-19-21-23-25-27-29-31-33-40(53)64-36-38(66-41(54)34-32-30-28-26-24-22-20-18-16-14-12-10-8-6-4-2)37-65-70(62,63)69-50-47(60)45(58)44(57)46(59)49(50)68-51-48(61)43(56)42(55)39(35-52)67-51/h13,15,38-39,42-52,55-61H,3-12,14,16-37H2,1-2H3,(H,62,63)/b15-13-. The predicted molar refractivity (Wildman–Crippen MR) is 263 cm³/mol. The van der Waals surface area contributed by atoms with E-state index in [0.717, 1.165) is 77.0 Å². The molecule has 1 saturated carbocycles. The van der Waals surface area contributed by atoms with Crippen molar-refractivity contribution in [2.45, 2.75) is 280 Å². The number of ether oxygens (including phenoxy) is 4. The van der Waals surface area contributed by atoms with E-state index in [9.17, 15) is 59.9 Å². The predicted octanol–water partition coefficient (Wildman–Crippen LogP) is 6.88. The summed E-state index contributed by atoms with van der Waals surface area (Å²) in [6.45, 7) is 2.24. The second kappa shape index (κ2) is 38.9. The molecule has 9 N–H and O–H groups in total. The Kier molecular flexibility index (Phi) is 35.8. The third-order valence-electron chi connectivity index (χ3n) is 13.2. The van der Waals surface area contributed by atoms with Crippen molar-refractivity contribution in [3.05, 3.63) is 12.2 Å². The van der Waals surface area contributed by atoms with Crippen molar-refractivity contribution < 1.29 is 87.9 Å². The Morgan fingerprint density at radius 2 is 0.943 bits per heavy atom.